The molecule has 0 aromatic heterocycles. The number of carbonyl (C=O) groups excluding carboxylic acids is 3. The summed E-state index contributed by atoms with van der Waals surface area (Å²) in [6, 6.07) is 12.0. The Balaban J connectivity index is 2.58. The van der Waals surface area contributed by atoms with Gasteiger partial charge in [0.25, 0.3) is 5.91 Å². The summed E-state index contributed by atoms with van der Waals surface area (Å²) in [5.41, 5.74) is 3.81. The highest BCUT2D eigenvalue weighted by Crippen LogP contribution is 2.28. The first-order valence-corrected chi connectivity index (χ1v) is 14.5. The Kier molecular flexibility index (Phi) is 12.2. The molecule has 7 nitrogen and oxygen atoms in total. The molecule has 0 aliphatic heterocycles. The van der Waals surface area contributed by atoms with E-state index in [4.69, 9.17) is 4.74 Å². The van der Waals surface area contributed by atoms with E-state index < -0.39 is 23.8 Å². The zero-order chi connectivity index (χ0) is 30.0. The topological polar surface area (TPSA) is 87.7 Å². The van der Waals surface area contributed by atoms with Gasteiger partial charge in [-0.15, -0.1) is 0 Å². The first-order chi connectivity index (χ1) is 18.8. The van der Waals surface area contributed by atoms with Crippen LogP contribution >= 0.6 is 0 Å². The lowest BCUT2D eigenvalue weighted by atomic mass is 9.97. The molecular formula is C33H49N3O4. The number of alkyl carbamates (subject to hydrolysis) is 1. The molecule has 2 aromatic carbocycles. The first kappa shape index (κ1) is 32.9. The van der Waals surface area contributed by atoms with Crippen molar-refractivity contribution in [2.24, 2.45) is 5.92 Å². The van der Waals surface area contributed by atoms with E-state index in [2.05, 4.69) is 24.5 Å². The van der Waals surface area contributed by atoms with Crippen LogP contribution in [0.3, 0.4) is 0 Å². The van der Waals surface area contributed by atoms with Gasteiger partial charge in [0.15, 0.2) is 0 Å². The van der Waals surface area contributed by atoms with Gasteiger partial charge in [-0.3, -0.25) is 9.59 Å². The summed E-state index contributed by atoms with van der Waals surface area (Å²) in [4.78, 5) is 42.8. The van der Waals surface area contributed by atoms with Crippen molar-refractivity contribution in [1.82, 2.24) is 10.2 Å². The summed E-state index contributed by atoms with van der Waals surface area (Å²) in [6.45, 7) is 17.6. The molecule has 0 radical (unpaired) electrons. The number of ether oxygens (including phenoxy) is 1. The molecule has 40 heavy (non-hydrogen) atoms. The van der Waals surface area contributed by atoms with Crippen molar-refractivity contribution in [2.75, 3.05) is 11.9 Å². The monoisotopic (exact) mass is 551 g/mol. The minimum atomic E-state index is -0.879. The molecule has 2 N–H and O–H groups in total. The Morgan fingerprint density at radius 1 is 0.925 bits per heavy atom. The highest BCUT2D eigenvalue weighted by molar-refractivity contribution is 6.00. The molecule has 2 aromatic rings. The molecular weight excluding hydrogens is 502 g/mol. The number of unbranched alkanes of at least 4 members (excludes halogenated alkanes) is 2. The highest BCUT2D eigenvalue weighted by atomic mass is 16.6. The number of hydrogen-bond donors (Lipinski definition) is 2. The maximum Gasteiger partial charge on any atom is 0.408 e. The van der Waals surface area contributed by atoms with E-state index in [1.54, 1.807) is 25.7 Å². The summed E-state index contributed by atoms with van der Waals surface area (Å²) >= 11 is 0. The predicted molar refractivity (Wildman–Crippen MR) is 162 cm³/mol. The standard InChI is InChI=1S/C33H49N3O4/c1-10-12-13-21-36(31(38)27(22(3)4)35-32(39)40-33(7,8)9)29(26-19-17-25(11-2)18-20-26)30(37)34-28-23(5)15-14-16-24(28)6/h14-20,22,27,29H,10-13,21H2,1-9H3,(H,34,37)(H,35,39). The second-order valence-electron chi connectivity index (χ2n) is 11.9. The van der Waals surface area contributed by atoms with Crippen molar-refractivity contribution in [3.05, 3.63) is 64.7 Å². The maximum absolute atomic E-state index is 14.3. The van der Waals surface area contributed by atoms with Crippen LogP contribution in [0, 0.1) is 19.8 Å². The largest absolute Gasteiger partial charge is 0.444 e. The SMILES string of the molecule is CCCCCN(C(=O)C(NC(=O)OC(C)(C)C)C(C)C)C(C(=O)Nc1c(C)cccc1C)c1ccc(CC)cc1. The van der Waals surface area contributed by atoms with Gasteiger partial charge >= 0.3 is 6.09 Å². The highest BCUT2D eigenvalue weighted by Gasteiger charge is 2.37. The molecule has 2 atom stereocenters. The molecule has 0 saturated carbocycles. The lowest BCUT2D eigenvalue weighted by molar-refractivity contribution is -0.141. The summed E-state index contributed by atoms with van der Waals surface area (Å²) in [6.07, 6.45) is 2.83. The van der Waals surface area contributed by atoms with Gasteiger partial charge in [-0.05, 0) is 75.6 Å². The van der Waals surface area contributed by atoms with E-state index in [0.717, 1.165) is 53.6 Å². The number of amides is 3. The van der Waals surface area contributed by atoms with Crippen molar-refractivity contribution >= 4 is 23.6 Å². The fraction of sp³-hybridized carbons (Fsp3) is 0.545. The third-order valence-electron chi connectivity index (χ3n) is 6.88. The summed E-state index contributed by atoms with van der Waals surface area (Å²) in [5.74, 6) is -0.817. The lowest BCUT2D eigenvalue weighted by Crippen LogP contribution is -2.54. The molecule has 0 heterocycles. The number of para-hydroxylation sites is 1. The van der Waals surface area contributed by atoms with Gasteiger partial charge in [0.1, 0.15) is 17.7 Å². The number of anilines is 1. The Morgan fingerprint density at radius 3 is 2.02 bits per heavy atom. The van der Waals surface area contributed by atoms with Crippen molar-refractivity contribution < 1.29 is 19.1 Å². The average molecular weight is 552 g/mol. The van der Waals surface area contributed by atoms with Gasteiger partial charge in [-0.25, -0.2) is 4.79 Å². The van der Waals surface area contributed by atoms with Crippen molar-refractivity contribution in [3.63, 3.8) is 0 Å². The van der Waals surface area contributed by atoms with Crippen molar-refractivity contribution in [3.8, 4) is 0 Å². The second-order valence-corrected chi connectivity index (χ2v) is 11.9. The minimum absolute atomic E-state index is 0.224. The molecule has 2 rings (SSSR count). The number of aryl methyl sites for hydroxylation is 3. The molecule has 0 aliphatic rings. The Hall–Kier alpha value is -3.35. The van der Waals surface area contributed by atoms with E-state index in [1.807, 2.05) is 70.2 Å². The molecule has 0 fully saturated rings. The van der Waals surface area contributed by atoms with Gasteiger partial charge in [-0.1, -0.05) is 83.0 Å². The van der Waals surface area contributed by atoms with Crippen LogP contribution in [-0.2, 0) is 20.7 Å². The number of rotatable bonds is 12. The quantitative estimate of drug-likeness (QED) is 0.275. The minimum Gasteiger partial charge on any atom is -0.444 e. The van der Waals surface area contributed by atoms with Crippen molar-refractivity contribution in [1.29, 1.82) is 0 Å². The van der Waals surface area contributed by atoms with Crippen LogP contribution < -0.4 is 10.6 Å². The van der Waals surface area contributed by atoms with Crippen molar-refractivity contribution in [2.45, 2.75) is 106 Å². The molecule has 0 bridgehead atoms. The van der Waals surface area contributed by atoms with Crippen LogP contribution in [0.4, 0.5) is 10.5 Å². The van der Waals surface area contributed by atoms with Gasteiger partial charge < -0.3 is 20.3 Å². The molecule has 7 heteroatoms. The van der Waals surface area contributed by atoms with E-state index in [-0.39, 0.29) is 17.7 Å². The van der Waals surface area contributed by atoms with Gasteiger partial charge in [0.05, 0.1) is 0 Å². The zero-order valence-electron chi connectivity index (χ0n) is 25.9. The van der Waals surface area contributed by atoms with Gasteiger partial charge in [-0.2, -0.15) is 0 Å². The Bertz CT molecular complexity index is 1120. The maximum atomic E-state index is 14.3. The smallest absolute Gasteiger partial charge is 0.408 e. The van der Waals surface area contributed by atoms with Crippen LogP contribution in [0.5, 0.6) is 0 Å². The third-order valence-corrected chi connectivity index (χ3v) is 6.88. The number of hydrogen-bond acceptors (Lipinski definition) is 4. The molecule has 0 saturated heterocycles. The number of benzene rings is 2. The molecule has 220 valence electrons. The molecule has 0 spiro atoms. The normalized spacial score (nSPS) is 12.9. The fourth-order valence-corrected chi connectivity index (χ4v) is 4.64. The van der Waals surface area contributed by atoms with Crippen LogP contribution in [-0.4, -0.2) is 41.0 Å². The van der Waals surface area contributed by atoms with Gasteiger partial charge in [0.2, 0.25) is 5.91 Å². The van der Waals surface area contributed by atoms with E-state index >= 15 is 0 Å². The average Bonchev–Trinajstić information content (AvgIpc) is 2.87. The summed E-state index contributed by atoms with van der Waals surface area (Å²) in [5, 5.41) is 5.92. The molecule has 0 aliphatic carbocycles. The summed E-state index contributed by atoms with van der Waals surface area (Å²) < 4.78 is 5.47. The summed E-state index contributed by atoms with van der Waals surface area (Å²) in [7, 11) is 0. The second kappa shape index (κ2) is 14.9. The first-order valence-electron chi connectivity index (χ1n) is 14.5. The van der Waals surface area contributed by atoms with Crippen LogP contribution in [0.2, 0.25) is 0 Å². The van der Waals surface area contributed by atoms with Crippen LogP contribution in [0.1, 0.15) is 96.0 Å². The van der Waals surface area contributed by atoms with E-state index in [1.165, 1.54) is 0 Å². The number of nitrogens with one attached hydrogen (secondary N) is 2. The van der Waals surface area contributed by atoms with Crippen LogP contribution in [0.15, 0.2) is 42.5 Å². The predicted octanol–water partition coefficient (Wildman–Crippen LogP) is 7.11. The lowest BCUT2D eigenvalue weighted by Gasteiger charge is -2.36. The third kappa shape index (κ3) is 9.39. The Morgan fingerprint density at radius 2 is 1.52 bits per heavy atom. The molecule has 2 unspecified atom stereocenters. The van der Waals surface area contributed by atoms with E-state index in [9.17, 15) is 14.4 Å². The van der Waals surface area contributed by atoms with Crippen LogP contribution in [0.25, 0.3) is 0 Å². The van der Waals surface area contributed by atoms with Gasteiger partial charge in [0, 0.05) is 12.2 Å². The fourth-order valence-electron chi connectivity index (χ4n) is 4.64. The molecule has 3 amide bonds. The zero-order valence-corrected chi connectivity index (χ0v) is 25.9. The Labute approximate surface area is 241 Å². The number of nitrogens with zero attached hydrogens (tertiary/aromatic N) is 1. The number of carbonyl (C=O) groups is 3. The van der Waals surface area contributed by atoms with E-state index in [0.29, 0.717) is 6.54 Å².